The van der Waals surface area contributed by atoms with E-state index in [1.165, 1.54) is 21.7 Å². The molecule has 0 saturated carbocycles. The van der Waals surface area contributed by atoms with Gasteiger partial charge in [0.2, 0.25) is 0 Å². The largest absolute Gasteiger partial charge is 0.323 e. The molecule has 17 heavy (non-hydrogen) atoms. The zero-order chi connectivity index (χ0) is 13.2. The molecule has 0 aliphatic rings. The molecule has 0 spiro atoms. The summed E-state index contributed by atoms with van der Waals surface area (Å²) in [5.74, 6) is 0.687. The van der Waals surface area contributed by atoms with Crippen molar-refractivity contribution in [3.05, 3.63) is 21.4 Å². The van der Waals surface area contributed by atoms with E-state index in [0.717, 1.165) is 6.42 Å². The molecular formula is C15H27NS. The fraction of sp³-hybridized carbons (Fsp3) is 0.733. The van der Waals surface area contributed by atoms with Crippen LogP contribution in [0, 0.1) is 25.2 Å². The molecule has 0 aromatic carbocycles. The summed E-state index contributed by atoms with van der Waals surface area (Å²) in [5.41, 5.74) is 8.11. The summed E-state index contributed by atoms with van der Waals surface area (Å²) in [6.45, 7) is 13.6. The van der Waals surface area contributed by atoms with E-state index < -0.39 is 0 Å². The molecule has 1 aromatic rings. The zero-order valence-corrected chi connectivity index (χ0v) is 12.9. The Morgan fingerprint density at radius 2 is 1.88 bits per heavy atom. The quantitative estimate of drug-likeness (QED) is 0.817. The van der Waals surface area contributed by atoms with Crippen molar-refractivity contribution in [3.8, 4) is 0 Å². The lowest BCUT2D eigenvalue weighted by atomic mass is 9.83. The third-order valence-corrected chi connectivity index (χ3v) is 4.32. The summed E-state index contributed by atoms with van der Waals surface area (Å²) in [5, 5.41) is 0. The molecule has 0 amide bonds. The second-order valence-electron chi connectivity index (χ2n) is 6.62. The van der Waals surface area contributed by atoms with Gasteiger partial charge in [-0.25, -0.2) is 0 Å². The van der Waals surface area contributed by atoms with Gasteiger partial charge in [-0.3, -0.25) is 0 Å². The van der Waals surface area contributed by atoms with Crippen molar-refractivity contribution >= 4 is 11.3 Å². The van der Waals surface area contributed by atoms with E-state index in [1.54, 1.807) is 0 Å². The molecule has 2 N–H and O–H groups in total. The van der Waals surface area contributed by atoms with Gasteiger partial charge in [-0.15, -0.1) is 11.3 Å². The molecule has 0 fully saturated rings. The number of nitrogens with two attached hydrogens (primary N) is 1. The minimum Gasteiger partial charge on any atom is -0.323 e. The summed E-state index contributed by atoms with van der Waals surface area (Å²) >= 11 is 1.86. The van der Waals surface area contributed by atoms with Crippen LogP contribution in [0.2, 0.25) is 0 Å². The number of rotatable bonds is 4. The first-order valence-corrected chi connectivity index (χ1v) is 7.33. The Labute approximate surface area is 110 Å². The van der Waals surface area contributed by atoms with Gasteiger partial charge >= 0.3 is 0 Å². The topological polar surface area (TPSA) is 26.0 Å². The van der Waals surface area contributed by atoms with Gasteiger partial charge < -0.3 is 5.73 Å². The molecule has 0 aliphatic heterocycles. The third kappa shape index (κ3) is 4.81. The van der Waals surface area contributed by atoms with Crippen molar-refractivity contribution in [2.75, 3.05) is 0 Å². The van der Waals surface area contributed by atoms with Crippen molar-refractivity contribution in [2.45, 2.75) is 60.4 Å². The Morgan fingerprint density at radius 3 is 2.29 bits per heavy atom. The van der Waals surface area contributed by atoms with Crippen molar-refractivity contribution in [3.63, 3.8) is 0 Å². The van der Waals surface area contributed by atoms with Crippen molar-refractivity contribution in [2.24, 2.45) is 17.1 Å². The van der Waals surface area contributed by atoms with Gasteiger partial charge in [0.05, 0.1) is 0 Å². The monoisotopic (exact) mass is 253 g/mol. The molecule has 0 radical (unpaired) electrons. The second-order valence-corrected chi connectivity index (χ2v) is 7.90. The zero-order valence-electron chi connectivity index (χ0n) is 12.1. The Balaban J connectivity index is 2.60. The van der Waals surface area contributed by atoms with Crippen LogP contribution in [0.25, 0.3) is 0 Å². The van der Waals surface area contributed by atoms with Crippen molar-refractivity contribution < 1.29 is 0 Å². The summed E-state index contributed by atoms with van der Waals surface area (Å²) < 4.78 is 0. The average molecular weight is 253 g/mol. The molecule has 0 bridgehead atoms. The number of hydrogen-bond donors (Lipinski definition) is 1. The van der Waals surface area contributed by atoms with Gasteiger partial charge in [0.25, 0.3) is 0 Å². The molecule has 2 unspecified atom stereocenters. The van der Waals surface area contributed by atoms with Gasteiger partial charge in [-0.2, -0.15) is 0 Å². The maximum Gasteiger partial charge on any atom is 0.0395 e. The predicted octanol–water partition coefficient (Wildman–Crippen LogP) is 4.83. The fourth-order valence-corrected chi connectivity index (χ4v) is 3.75. The number of aryl methyl sites for hydroxylation is 2. The van der Waals surface area contributed by atoms with E-state index in [1.807, 2.05) is 11.3 Å². The summed E-state index contributed by atoms with van der Waals surface area (Å²) in [6.07, 6.45) is 2.34. The Hall–Kier alpha value is -0.340. The number of thiophene rings is 1. The first-order valence-electron chi connectivity index (χ1n) is 6.51. The van der Waals surface area contributed by atoms with Crippen LogP contribution in [-0.4, -0.2) is 0 Å². The molecule has 1 aromatic heterocycles. The highest BCUT2D eigenvalue weighted by Crippen LogP contribution is 2.33. The normalized spacial score (nSPS) is 15.9. The SMILES string of the molecule is Cc1cc(C)c(C(N)CC(C)CC(C)(C)C)s1. The molecule has 98 valence electrons. The van der Waals surface area contributed by atoms with Gasteiger partial charge in [0.1, 0.15) is 0 Å². The molecule has 2 atom stereocenters. The van der Waals surface area contributed by atoms with Gasteiger partial charge in [0, 0.05) is 15.8 Å². The summed E-state index contributed by atoms with van der Waals surface area (Å²) in [7, 11) is 0. The average Bonchev–Trinajstić information content (AvgIpc) is 2.41. The number of hydrogen-bond acceptors (Lipinski definition) is 2. The molecule has 1 rings (SSSR count). The smallest absolute Gasteiger partial charge is 0.0395 e. The molecular weight excluding hydrogens is 226 g/mol. The van der Waals surface area contributed by atoms with Crippen LogP contribution in [0.15, 0.2) is 6.07 Å². The van der Waals surface area contributed by atoms with E-state index in [-0.39, 0.29) is 6.04 Å². The molecule has 0 saturated heterocycles. The first-order chi connectivity index (χ1) is 7.69. The van der Waals surface area contributed by atoms with E-state index in [0.29, 0.717) is 11.3 Å². The van der Waals surface area contributed by atoms with Crippen LogP contribution < -0.4 is 5.73 Å². The Kier molecular flexibility index (Phi) is 4.79. The van der Waals surface area contributed by atoms with E-state index >= 15 is 0 Å². The summed E-state index contributed by atoms with van der Waals surface area (Å²) in [6, 6.07) is 2.46. The van der Waals surface area contributed by atoms with Crippen molar-refractivity contribution in [1.82, 2.24) is 0 Å². The molecule has 1 nitrogen and oxygen atoms in total. The standard InChI is InChI=1S/C15H27NS/c1-10(9-15(4,5)6)7-13(16)14-11(2)8-12(3)17-14/h8,10,13H,7,9,16H2,1-6H3. The van der Waals surface area contributed by atoms with Crippen LogP contribution in [-0.2, 0) is 0 Å². The first kappa shape index (κ1) is 14.7. The minimum absolute atomic E-state index is 0.214. The van der Waals surface area contributed by atoms with Gasteiger partial charge in [0.15, 0.2) is 0 Å². The summed E-state index contributed by atoms with van der Waals surface area (Å²) in [4.78, 5) is 2.75. The molecule has 2 heteroatoms. The van der Waals surface area contributed by atoms with E-state index in [4.69, 9.17) is 5.73 Å². The predicted molar refractivity (Wildman–Crippen MR) is 78.6 cm³/mol. The second kappa shape index (κ2) is 5.53. The Bertz CT molecular complexity index is 359. The van der Waals surface area contributed by atoms with Crippen LogP contribution in [0.1, 0.15) is 61.9 Å². The Morgan fingerprint density at radius 1 is 1.29 bits per heavy atom. The van der Waals surface area contributed by atoms with E-state index in [9.17, 15) is 0 Å². The highest BCUT2D eigenvalue weighted by molar-refractivity contribution is 7.12. The van der Waals surface area contributed by atoms with Crippen molar-refractivity contribution in [1.29, 1.82) is 0 Å². The third-order valence-electron chi connectivity index (χ3n) is 3.03. The fourth-order valence-electron chi connectivity index (χ4n) is 2.70. The molecule has 0 aliphatic carbocycles. The highest BCUT2D eigenvalue weighted by atomic mass is 32.1. The van der Waals surface area contributed by atoms with Crippen LogP contribution in [0.3, 0.4) is 0 Å². The van der Waals surface area contributed by atoms with Crippen LogP contribution in [0.5, 0.6) is 0 Å². The van der Waals surface area contributed by atoms with E-state index in [2.05, 4.69) is 47.6 Å². The lowest BCUT2D eigenvalue weighted by molar-refractivity contribution is 0.287. The van der Waals surface area contributed by atoms with Crippen LogP contribution >= 0.6 is 11.3 Å². The van der Waals surface area contributed by atoms with Gasteiger partial charge in [-0.1, -0.05) is 27.7 Å². The maximum absolute atomic E-state index is 6.34. The highest BCUT2D eigenvalue weighted by Gasteiger charge is 2.19. The lowest BCUT2D eigenvalue weighted by Crippen LogP contribution is -2.17. The maximum atomic E-state index is 6.34. The lowest BCUT2D eigenvalue weighted by Gasteiger charge is -2.25. The van der Waals surface area contributed by atoms with Gasteiger partial charge in [-0.05, 0) is 49.7 Å². The van der Waals surface area contributed by atoms with Crippen LogP contribution in [0.4, 0.5) is 0 Å². The minimum atomic E-state index is 0.214. The molecule has 1 heterocycles.